The topological polar surface area (TPSA) is 66.0 Å². The minimum atomic E-state index is -4.54. The quantitative estimate of drug-likeness (QED) is 0.612. The zero-order valence-corrected chi connectivity index (χ0v) is 19.8. The summed E-state index contributed by atoms with van der Waals surface area (Å²) in [5.41, 5.74) is -1.89. The molecule has 0 unspecified atom stereocenters. The van der Waals surface area contributed by atoms with Crippen LogP contribution in [0.2, 0.25) is 0 Å². The molecule has 1 N–H and O–H groups in total. The first kappa shape index (κ1) is 26.1. The van der Waals surface area contributed by atoms with E-state index in [0.717, 1.165) is 6.07 Å². The summed E-state index contributed by atoms with van der Waals surface area (Å²) in [6.07, 6.45) is -3.56. The highest BCUT2D eigenvalue weighted by Gasteiger charge is 2.52. The number of hydrogen-bond donors (Lipinski definition) is 1. The van der Waals surface area contributed by atoms with Gasteiger partial charge in [-0.25, -0.2) is 4.79 Å². The largest absolute Gasteiger partial charge is 0.496 e. The fourth-order valence-corrected chi connectivity index (χ4v) is 2.93. The molecule has 10 heteroatoms. The maximum atomic E-state index is 13.2. The third-order valence-electron chi connectivity index (χ3n) is 5.27. The van der Waals surface area contributed by atoms with Crippen molar-refractivity contribution in [1.82, 2.24) is 5.32 Å². The molecule has 0 atom stereocenters. The van der Waals surface area contributed by atoms with E-state index in [-0.39, 0.29) is 12.3 Å². The first-order valence-corrected chi connectivity index (χ1v) is 10.2. The maximum absolute atomic E-state index is 13.2. The van der Waals surface area contributed by atoms with Crippen LogP contribution >= 0.6 is 0 Å². The standard InChI is InChI=1S/C22H31BF3NO5/c1-19(2,3)30-18(28)27-13-15(23-31-20(4,5)21(6,7)32-23)11-14-9-10-16(22(24,25)26)17(12-14)29-8/h9-12H,13H2,1-8H3,(H,27,28). The van der Waals surface area contributed by atoms with E-state index in [1.165, 1.54) is 19.2 Å². The molecule has 0 bridgehead atoms. The number of carbonyl (C=O) groups excluding carboxylic acids is 1. The van der Waals surface area contributed by atoms with Crippen molar-refractivity contribution in [3.8, 4) is 5.75 Å². The Labute approximate surface area is 187 Å². The molecule has 2 rings (SSSR count). The summed E-state index contributed by atoms with van der Waals surface area (Å²) in [6.45, 7) is 12.8. The van der Waals surface area contributed by atoms with E-state index < -0.39 is 41.8 Å². The molecule has 1 aromatic carbocycles. The van der Waals surface area contributed by atoms with Crippen LogP contribution in [0, 0.1) is 0 Å². The average Bonchev–Trinajstić information content (AvgIpc) is 2.83. The summed E-state index contributed by atoms with van der Waals surface area (Å²) in [5, 5.41) is 2.65. The number of nitrogens with one attached hydrogen (secondary N) is 1. The number of ether oxygens (including phenoxy) is 2. The Kier molecular flexibility index (Phi) is 7.31. The van der Waals surface area contributed by atoms with Gasteiger partial charge in [-0.2, -0.15) is 13.2 Å². The minimum Gasteiger partial charge on any atom is -0.496 e. The molecule has 1 heterocycles. The molecule has 0 saturated carbocycles. The van der Waals surface area contributed by atoms with Gasteiger partial charge in [-0.3, -0.25) is 0 Å². The molecule has 0 aromatic heterocycles. The summed E-state index contributed by atoms with van der Waals surface area (Å²) in [6, 6.07) is 3.55. The average molecular weight is 457 g/mol. The number of amides is 1. The zero-order valence-electron chi connectivity index (χ0n) is 19.8. The van der Waals surface area contributed by atoms with Gasteiger partial charge >= 0.3 is 19.4 Å². The van der Waals surface area contributed by atoms with Crippen LogP contribution in [0.1, 0.15) is 59.6 Å². The highest BCUT2D eigenvalue weighted by Crippen LogP contribution is 2.40. The maximum Gasteiger partial charge on any atom is 0.492 e. The Balaban J connectivity index is 2.38. The fourth-order valence-electron chi connectivity index (χ4n) is 2.93. The number of alkyl halides is 3. The molecule has 6 nitrogen and oxygen atoms in total. The van der Waals surface area contributed by atoms with Gasteiger partial charge in [0.2, 0.25) is 0 Å². The van der Waals surface area contributed by atoms with Gasteiger partial charge in [0.25, 0.3) is 0 Å². The Morgan fingerprint density at radius 1 is 1.12 bits per heavy atom. The minimum absolute atomic E-state index is 0.00901. The third kappa shape index (κ3) is 6.42. The molecule has 0 radical (unpaired) electrons. The smallest absolute Gasteiger partial charge is 0.492 e. The second-order valence-corrected chi connectivity index (χ2v) is 9.62. The SMILES string of the molecule is COc1cc(C=C(CNC(=O)OC(C)(C)C)B2OC(C)(C)C(C)(C)O2)ccc1C(F)(F)F. The molecule has 0 aliphatic carbocycles. The van der Waals surface area contributed by atoms with Crippen molar-refractivity contribution in [1.29, 1.82) is 0 Å². The van der Waals surface area contributed by atoms with Crippen molar-refractivity contribution >= 4 is 19.3 Å². The summed E-state index contributed by atoms with van der Waals surface area (Å²) < 4.78 is 61.9. The first-order chi connectivity index (χ1) is 14.4. The van der Waals surface area contributed by atoms with E-state index in [4.69, 9.17) is 18.8 Å². The van der Waals surface area contributed by atoms with Crippen molar-refractivity contribution in [3.05, 3.63) is 34.8 Å². The number of benzene rings is 1. The second kappa shape index (κ2) is 8.98. The van der Waals surface area contributed by atoms with Crippen molar-refractivity contribution in [3.63, 3.8) is 0 Å². The van der Waals surface area contributed by atoms with Crippen molar-refractivity contribution in [2.75, 3.05) is 13.7 Å². The molecule has 1 saturated heterocycles. The van der Waals surface area contributed by atoms with E-state index in [1.54, 1.807) is 26.8 Å². The van der Waals surface area contributed by atoms with Crippen molar-refractivity contribution < 1.29 is 36.7 Å². The summed E-state index contributed by atoms with van der Waals surface area (Å²) in [7, 11) is 0.361. The lowest BCUT2D eigenvalue weighted by Gasteiger charge is -2.32. The predicted molar refractivity (Wildman–Crippen MR) is 116 cm³/mol. The number of halogens is 3. The summed E-state index contributed by atoms with van der Waals surface area (Å²) in [4.78, 5) is 12.2. The van der Waals surface area contributed by atoms with E-state index >= 15 is 0 Å². The summed E-state index contributed by atoms with van der Waals surface area (Å²) in [5.74, 6) is -0.306. The van der Waals surface area contributed by atoms with Crippen LogP contribution in [0.3, 0.4) is 0 Å². The molecule has 1 aliphatic rings. The van der Waals surface area contributed by atoms with Gasteiger partial charge in [0, 0.05) is 6.54 Å². The fraction of sp³-hybridized carbons (Fsp3) is 0.591. The molecule has 1 aromatic rings. The molecule has 1 fully saturated rings. The van der Waals surface area contributed by atoms with Crippen LogP contribution in [-0.4, -0.2) is 43.7 Å². The van der Waals surface area contributed by atoms with Crippen LogP contribution in [0.5, 0.6) is 5.75 Å². The zero-order chi connectivity index (χ0) is 24.5. The van der Waals surface area contributed by atoms with Crippen LogP contribution in [0.15, 0.2) is 23.7 Å². The Hall–Kier alpha value is -2.20. The van der Waals surface area contributed by atoms with E-state index in [9.17, 15) is 18.0 Å². The monoisotopic (exact) mass is 457 g/mol. The van der Waals surface area contributed by atoms with Gasteiger partial charge in [0.05, 0.1) is 23.9 Å². The van der Waals surface area contributed by atoms with Crippen LogP contribution in [0.25, 0.3) is 6.08 Å². The number of carbonyl (C=O) groups is 1. The third-order valence-corrected chi connectivity index (χ3v) is 5.27. The molecular formula is C22H31BF3NO5. The van der Waals surface area contributed by atoms with Crippen LogP contribution in [-0.2, 0) is 20.2 Å². The molecule has 1 amide bonds. The Morgan fingerprint density at radius 3 is 2.16 bits per heavy atom. The van der Waals surface area contributed by atoms with Crippen molar-refractivity contribution in [2.24, 2.45) is 0 Å². The number of hydrogen-bond acceptors (Lipinski definition) is 5. The Morgan fingerprint density at radius 2 is 1.69 bits per heavy atom. The molecule has 0 spiro atoms. The number of methoxy groups -OCH3 is 1. The van der Waals surface area contributed by atoms with Gasteiger partial charge in [0.1, 0.15) is 11.4 Å². The number of alkyl carbamates (subject to hydrolysis) is 1. The highest BCUT2D eigenvalue weighted by atomic mass is 19.4. The second-order valence-electron chi connectivity index (χ2n) is 9.62. The van der Waals surface area contributed by atoms with Gasteiger partial charge in [0.15, 0.2) is 0 Å². The van der Waals surface area contributed by atoms with Gasteiger partial charge < -0.3 is 24.1 Å². The molecular weight excluding hydrogens is 426 g/mol. The molecule has 32 heavy (non-hydrogen) atoms. The van der Waals surface area contributed by atoms with Crippen molar-refractivity contribution in [2.45, 2.75) is 71.4 Å². The number of rotatable bonds is 5. The predicted octanol–water partition coefficient (Wildman–Crippen LogP) is 5.25. The van der Waals surface area contributed by atoms with Gasteiger partial charge in [-0.05, 0) is 71.6 Å². The van der Waals surface area contributed by atoms with Crippen LogP contribution in [0.4, 0.5) is 18.0 Å². The van der Waals surface area contributed by atoms with Gasteiger partial charge in [-0.15, -0.1) is 0 Å². The highest BCUT2D eigenvalue weighted by molar-refractivity contribution is 6.56. The van der Waals surface area contributed by atoms with E-state index in [2.05, 4.69) is 5.32 Å². The lowest BCUT2D eigenvalue weighted by molar-refractivity contribution is -0.138. The van der Waals surface area contributed by atoms with E-state index in [1.807, 2.05) is 27.7 Å². The summed E-state index contributed by atoms with van der Waals surface area (Å²) >= 11 is 0. The normalized spacial score (nSPS) is 18.5. The van der Waals surface area contributed by atoms with Gasteiger partial charge in [-0.1, -0.05) is 12.1 Å². The molecule has 178 valence electrons. The lowest BCUT2D eigenvalue weighted by Crippen LogP contribution is -2.41. The van der Waals surface area contributed by atoms with Crippen LogP contribution < -0.4 is 10.1 Å². The van der Waals surface area contributed by atoms with E-state index in [0.29, 0.717) is 11.0 Å². The lowest BCUT2D eigenvalue weighted by atomic mass is 9.77. The molecule has 1 aliphatic heterocycles. The first-order valence-electron chi connectivity index (χ1n) is 10.2. The Bertz CT molecular complexity index is 859.